The fourth-order valence-corrected chi connectivity index (χ4v) is 4.28. The largest absolute Gasteiger partial charge is 0.677 e. The number of allylic oxidation sites excluding steroid dienone is 3. The van der Waals surface area contributed by atoms with Gasteiger partial charge in [-0.2, -0.15) is 0 Å². The van der Waals surface area contributed by atoms with E-state index in [0.717, 1.165) is 43.8 Å². The van der Waals surface area contributed by atoms with Gasteiger partial charge < -0.3 is 9.21 Å². The van der Waals surface area contributed by atoms with Gasteiger partial charge >= 0.3 is 7.40 Å². The average molecular weight is 466 g/mol. The number of halogens is 2. The molecule has 6 heteroatoms. The first-order valence-electron chi connectivity index (χ1n) is 11.2. The first-order chi connectivity index (χ1) is 16.8. The van der Waals surface area contributed by atoms with Crippen molar-refractivity contribution >= 4 is 24.8 Å². The molecular formula is C29H25BF2N2O. The van der Waals surface area contributed by atoms with Crippen LogP contribution in [-0.4, -0.2) is 24.7 Å². The van der Waals surface area contributed by atoms with Crippen molar-refractivity contribution in [3.05, 3.63) is 112 Å². The Morgan fingerprint density at radius 2 is 1.71 bits per heavy atom. The number of terminal acetylenes is 1. The average Bonchev–Trinajstić information content (AvgIpc) is 3.37. The third-order valence-electron chi connectivity index (χ3n) is 5.97. The van der Waals surface area contributed by atoms with E-state index in [1.54, 1.807) is 20.1 Å². The van der Waals surface area contributed by atoms with Gasteiger partial charge in [0.15, 0.2) is 0 Å². The smallest absolute Gasteiger partial charge is 0.497 e. The van der Waals surface area contributed by atoms with E-state index < -0.39 is 7.40 Å². The summed E-state index contributed by atoms with van der Waals surface area (Å²) in [6.45, 7) is 5.48. The van der Waals surface area contributed by atoms with Crippen molar-refractivity contribution in [1.82, 2.24) is 4.48 Å². The van der Waals surface area contributed by atoms with E-state index >= 15 is 0 Å². The van der Waals surface area contributed by atoms with Gasteiger partial charge in [0.05, 0.1) is 18.5 Å². The number of aromatic nitrogens is 1. The Hall–Kier alpha value is -4.11. The second-order valence-electron chi connectivity index (χ2n) is 8.38. The SMILES string of the molecule is C#Cc1ccc(/C(=C2N=C(/C=C\c3ccc(OC)cc3)C=C/2C)c2c(C)cc(C)n2B(F)F)cc1. The summed E-state index contributed by atoms with van der Waals surface area (Å²) >= 11 is 0. The Bertz CT molecular complexity index is 1420. The van der Waals surface area contributed by atoms with Gasteiger partial charge in [-0.15, -0.1) is 6.42 Å². The molecule has 3 aromatic rings. The maximum atomic E-state index is 14.2. The van der Waals surface area contributed by atoms with Gasteiger partial charge in [-0.1, -0.05) is 36.3 Å². The van der Waals surface area contributed by atoms with Crippen LogP contribution in [0.25, 0.3) is 11.6 Å². The number of methoxy groups -OCH3 is 1. The molecule has 0 atom stereocenters. The Labute approximate surface area is 205 Å². The minimum atomic E-state index is -2.68. The molecule has 4 rings (SSSR count). The van der Waals surface area contributed by atoms with Crippen LogP contribution < -0.4 is 4.74 Å². The van der Waals surface area contributed by atoms with E-state index in [2.05, 4.69) is 5.92 Å². The summed E-state index contributed by atoms with van der Waals surface area (Å²) in [6, 6.07) is 16.8. The fourth-order valence-electron chi connectivity index (χ4n) is 4.28. The maximum Gasteiger partial charge on any atom is 0.677 e. The summed E-state index contributed by atoms with van der Waals surface area (Å²) < 4.78 is 34.6. The van der Waals surface area contributed by atoms with Gasteiger partial charge in [0, 0.05) is 22.5 Å². The lowest BCUT2D eigenvalue weighted by Gasteiger charge is -2.16. The Morgan fingerprint density at radius 3 is 2.31 bits per heavy atom. The molecule has 3 nitrogen and oxygen atoms in total. The lowest BCUT2D eigenvalue weighted by molar-refractivity contribution is 0.415. The van der Waals surface area contributed by atoms with Crippen LogP contribution in [0.15, 0.2) is 83.0 Å². The highest BCUT2D eigenvalue weighted by Gasteiger charge is 2.29. The molecule has 1 aliphatic heterocycles. The second kappa shape index (κ2) is 10.0. The molecule has 2 heterocycles. The number of aliphatic imine (C=N–C) groups is 1. The molecular weight excluding hydrogens is 441 g/mol. The first-order valence-corrected chi connectivity index (χ1v) is 11.2. The third kappa shape index (κ3) is 4.90. The van der Waals surface area contributed by atoms with Gasteiger partial charge in [-0.3, -0.25) is 8.63 Å². The first kappa shape index (κ1) is 24.0. The van der Waals surface area contributed by atoms with Crippen LogP contribution >= 0.6 is 0 Å². The number of aryl methyl sites for hydroxylation is 2. The Balaban J connectivity index is 1.86. The van der Waals surface area contributed by atoms with Crippen LogP contribution in [-0.2, 0) is 0 Å². The number of hydrogen-bond acceptors (Lipinski definition) is 2. The second-order valence-corrected chi connectivity index (χ2v) is 8.38. The quantitative estimate of drug-likeness (QED) is 0.292. The number of rotatable bonds is 6. The molecule has 35 heavy (non-hydrogen) atoms. The molecule has 0 spiro atoms. The van der Waals surface area contributed by atoms with Crippen LogP contribution in [0.1, 0.15) is 40.6 Å². The van der Waals surface area contributed by atoms with Gasteiger partial charge in [0.2, 0.25) is 0 Å². The summed E-state index contributed by atoms with van der Waals surface area (Å²) in [4.78, 5) is 4.86. The van der Waals surface area contributed by atoms with Crippen molar-refractivity contribution < 1.29 is 13.4 Å². The van der Waals surface area contributed by atoms with Gasteiger partial charge in [0.1, 0.15) is 5.75 Å². The summed E-state index contributed by atoms with van der Waals surface area (Å²) in [7, 11) is -1.05. The van der Waals surface area contributed by atoms with Crippen molar-refractivity contribution in [3.63, 3.8) is 0 Å². The lowest BCUT2D eigenvalue weighted by Crippen LogP contribution is -2.18. The third-order valence-corrected chi connectivity index (χ3v) is 5.97. The zero-order valence-corrected chi connectivity index (χ0v) is 20.1. The number of nitrogens with zero attached hydrogens (tertiary/aromatic N) is 2. The van der Waals surface area contributed by atoms with E-state index in [0.29, 0.717) is 22.7 Å². The van der Waals surface area contributed by atoms with Crippen LogP contribution in [0, 0.1) is 26.2 Å². The summed E-state index contributed by atoms with van der Waals surface area (Å²) in [5.74, 6) is 3.39. The zero-order chi connectivity index (χ0) is 25.1. The summed E-state index contributed by atoms with van der Waals surface area (Å²) in [5, 5.41) is 0. The molecule has 0 fully saturated rings. The molecule has 174 valence electrons. The van der Waals surface area contributed by atoms with Gasteiger partial charge in [-0.25, -0.2) is 4.99 Å². The Morgan fingerprint density at radius 1 is 1.03 bits per heavy atom. The van der Waals surface area contributed by atoms with Crippen LogP contribution in [0.4, 0.5) is 8.63 Å². The van der Waals surface area contributed by atoms with E-state index in [-0.39, 0.29) is 0 Å². The van der Waals surface area contributed by atoms with Gasteiger partial charge in [-0.05, 0) is 85.5 Å². The van der Waals surface area contributed by atoms with E-state index in [1.807, 2.05) is 80.6 Å². The maximum absolute atomic E-state index is 14.2. The normalized spacial score (nSPS) is 14.5. The highest BCUT2D eigenvalue weighted by atomic mass is 19.2. The monoisotopic (exact) mass is 466 g/mol. The molecule has 0 unspecified atom stereocenters. The topological polar surface area (TPSA) is 26.5 Å². The highest BCUT2D eigenvalue weighted by molar-refractivity contribution is 6.41. The van der Waals surface area contributed by atoms with Crippen LogP contribution in [0.3, 0.4) is 0 Å². The molecule has 0 saturated heterocycles. The molecule has 2 aromatic carbocycles. The molecule has 0 bridgehead atoms. The van der Waals surface area contributed by atoms with Gasteiger partial charge in [0.25, 0.3) is 0 Å². The van der Waals surface area contributed by atoms with Crippen molar-refractivity contribution in [3.8, 4) is 18.1 Å². The molecule has 0 radical (unpaired) electrons. The molecule has 0 amide bonds. The molecule has 0 aliphatic carbocycles. The van der Waals surface area contributed by atoms with Crippen molar-refractivity contribution in [2.24, 2.45) is 4.99 Å². The van der Waals surface area contributed by atoms with Crippen molar-refractivity contribution in [2.75, 3.05) is 7.11 Å². The number of ether oxygens (including phenoxy) is 1. The summed E-state index contributed by atoms with van der Waals surface area (Å²) in [5.41, 5.74) is 7.17. The van der Waals surface area contributed by atoms with Crippen LogP contribution in [0.5, 0.6) is 5.75 Å². The standard InChI is InChI=1S/C29H25BF2N2O/c1-6-22-7-12-24(13-8-22)27(29-20(3)17-21(4)34(29)30(31)32)28-19(2)18-25(33-28)14-9-23-10-15-26(35-5)16-11-23/h1,7-18H,2-5H3/b14-9-,28-27-. The predicted molar refractivity (Wildman–Crippen MR) is 141 cm³/mol. The van der Waals surface area contributed by atoms with Crippen LogP contribution in [0.2, 0.25) is 0 Å². The molecule has 0 N–H and O–H groups in total. The number of benzene rings is 2. The summed E-state index contributed by atoms with van der Waals surface area (Å²) in [6.07, 6.45) is 11.4. The minimum absolute atomic E-state index is 0.456. The zero-order valence-electron chi connectivity index (χ0n) is 20.1. The fraction of sp³-hybridized carbons (Fsp3) is 0.138. The molecule has 1 aliphatic rings. The minimum Gasteiger partial charge on any atom is -0.497 e. The Kier molecular flexibility index (Phi) is 6.88. The van der Waals surface area contributed by atoms with Crippen molar-refractivity contribution in [1.29, 1.82) is 0 Å². The highest BCUT2D eigenvalue weighted by Crippen LogP contribution is 2.37. The number of hydrogen-bond donors (Lipinski definition) is 0. The van der Waals surface area contributed by atoms with E-state index in [9.17, 15) is 8.63 Å². The molecule has 0 saturated carbocycles. The lowest BCUT2D eigenvalue weighted by atomic mass is 9.94. The molecule has 1 aromatic heterocycles. The van der Waals surface area contributed by atoms with E-state index in [4.69, 9.17) is 16.2 Å². The predicted octanol–water partition coefficient (Wildman–Crippen LogP) is 6.74. The van der Waals surface area contributed by atoms with E-state index in [1.165, 1.54) is 0 Å². The van der Waals surface area contributed by atoms with Crippen molar-refractivity contribution in [2.45, 2.75) is 20.8 Å².